The molecule has 0 bridgehead atoms. The quantitative estimate of drug-likeness (QED) is 0.356. The normalized spacial score (nSPS) is 10.9. The zero-order valence-electron chi connectivity index (χ0n) is 12.2. The van der Waals surface area contributed by atoms with Gasteiger partial charge in [-0.15, -0.1) is 22.7 Å². The number of halogens is 2. The Labute approximate surface area is 157 Å². The fourth-order valence-corrected chi connectivity index (χ4v) is 4.60. The first-order valence-electron chi connectivity index (χ1n) is 7.13. The van der Waals surface area contributed by atoms with E-state index >= 15 is 0 Å². The molecule has 0 fully saturated rings. The zero-order chi connectivity index (χ0) is 16.5. The van der Waals surface area contributed by atoms with Gasteiger partial charge in [0.2, 0.25) is 0 Å². The van der Waals surface area contributed by atoms with Crippen molar-refractivity contribution in [3.05, 3.63) is 71.2 Å². The van der Waals surface area contributed by atoms with Gasteiger partial charge in [-0.25, -0.2) is 9.97 Å². The lowest BCUT2D eigenvalue weighted by atomic mass is 10.2. The fraction of sp³-hybridized carbons (Fsp3) is 0. The van der Waals surface area contributed by atoms with Crippen LogP contribution >= 0.6 is 45.9 Å². The van der Waals surface area contributed by atoms with Crippen LogP contribution in [0.4, 0.5) is 0 Å². The van der Waals surface area contributed by atoms with Gasteiger partial charge in [0.1, 0.15) is 10.3 Å². The van der Waals surface area contributed by atoms with E-state index in [-0.39, 0.29) is 0 Å². The van der Waals surface area contributed by atoms with Crippen molar-refractivity contribution in [2.45, 2.75) is 0 Å². The molecule has 24 heavy (non-hydrogen) atoms. The summed E-state index contributed by atoms with van der Waals surface area (Å²) < 4.78 is 0. The number of pyridine rings is 2. The summed E-state index contributed by atoms with van der Waals surface area (Å²) in [5, 5.41) is 1.02. The summed E-state index contributed by atoms with van der Waals surface area (Å²) in [7, 11) is 0. The first-order valence-corrected chi connectivity index (χ1v) is 9.52. The summed E-state index contributed by atoms with van der Waals surface area (Å²) in [5.41, 5.74) is 2.16. The van der Waals surface area contributed by atoms with E-state index in [0.717, 1.165) is 11.1 Å². The third-order valence-corrected chi connectivity index (χ3v) is 6.39. The van der Waals surface area contributed by atoms with Crippen LogP contribution in [0, 0.1) is 0 Å². The van der Waals surface area contributed by atoms with Gasteiger partial charge in [0.25, 0.3) is 0 Å². The van der Waals surface area contributed by atoms with Crippen LogP contribution in [0.2, 0.25) is 10.3 Å². The number of thiophene rings is 2. The van der Waals surface area contributed by atoms with Crippen LogP contribution in [0.1, 0.15) is 0 Å². The first kappa shape index (κ1) is 15.8. The van der Waals surface area contributed by atoms with Gasteiger partial charge in [0.05, 0.1) is 0 Å². The van der Waals surface area contributed by atoms with Gasteiger partial charge < -0.3 is 0 Å². The van der Waals surface area contributed by atoms with Crippen LogP contribution in [-0.4, -0.2) is 9.97 Å². The monoisotopic (exact) mass is 388 g/mol. The van der Waals surface area contributed by atoms with Crippen molar-refractivity contribution in [2.24, 2.45) is 0 Å². The molecule has 0 spiro atoms. The molecule has 0 amide bonds. The molecule has 0 saturated carbocycles. The van der Waals surface area contributed by atoms with Crippen LogP contribution in [0.15, 0.2) is 60.9 Å². The van der Waals surface area contributed by atoms with Gasteiger partial charge in [-0.2, -0.15) is 0 Å². The highest BCUT2D eigenvalue weighted by Gasteiger charge is 2.09. The van der Waals surface area contributed by atoms with Crippen LogP contribution < -0.4 is 0 Å². The van der Waals surface area contributed by atoms with E-state index in [1.807, 2.05) is 24.3 Å². The SMILES string of the molecule is Clc1ccc(-c2ccc(-c3ccc(-c4ccc(Cl)nc4)s3)s2)cn1. The molecule has 0 aliphatic rings. The lowest BCUT2D eigenvalue weighted by Gasteiger charge is -1.97. The molecule has 6 heteroatoms. The summed E-state index contributed by atoms with van der Waals surface area (Å²) >= 11 is 15.2. The minimum Gasteiger partial charge on any atom is -0.244 e. The van der Waals surface area contributed by atoms with Crippen LogP contribution in [-0.2, 0) is 0 Å². The van der Waals surface area contributed by atoms with E-state index in [0.29, 0.717) is 10.3 Å². The Morgan fingerprint density at radius 3 is 1.33 bits per heavy atom. The molecule has 0 unspecified atom stereocenters. The average Bonchev–Trinajstić information content (AvgIpc) is 3.25. The maximum atomic E-state index is 5.85. The summed E-state index contributed by atoms with van der Waals surface area (Å²) in [5.74, 6) is 0. The number of aromatic nitrogens is 2. The van der Waals surface area contributed by atoms with E-state index in [4.69, 9.17) is 23.2 Å². The maximum absolute atomic E-state index is 5.85. The Balaban J connectivity index is 1.63. The molecular weight excluding hydrogens is 379 g/mol. The molecule has 118 valence electrons. The van der Waals surface area contributed by atoms with Crippen molar-refractivity contribution < 1.29 is 0 Å². The van der Waals surface area contributed by atoms with E-state index < -0.39 is 0 Å². The van der Waals surface area contributed by atoms with Crippen molar-refractivity contribution >= 4 is 45.9 Å². The molecule has 0 N–H and O–H groups in total. The predicted octanol–water partition coefficient (Wildman–Crippen LogP) is 6.91. The van der Waals surface area contributed by atoms with Crippen LogP contribution in [0.3, 0.4) is 0 Å². The second-order valence-electron chi connectivity index (χ2n) is 5.07. The van der Waals surface area contributed by atoms with Gasteiger partial charge in [-0.05, 0) is 48.5 Å². The lowest BCUT2D eigenvalue weighted by Crippen LogP contribution is -1.75. The smallest absolute Gasteiger partial charge is 0.129 e. The molecule has 2 nitrogen and oxygen atoms in total. The number of rotatable bonds is 3. The third kappa shape index (κ3) is 3.23. The summed E-state index contributed by atoms with van der Waals surface area (Å²) in [4.78, 5) is 13.1. The van der Waals surface area contributed by atoms with Gasteiger partial charge in [0.15, 0.2) is 0 Å². The molecule has 4 aromatic heterocycles. The Kier molecular flexibility index (Phi) is 4.37. The second kappa shape index (κ2) is 6.65. The van der Waals surface area contributed by atoms with Gasteiger partial charge >= 0.3 is 0 Å². The van der Waals surface area contributed by atoms with Crippen LogP contribution in [0.5, 0.6) is 0 Å². The molecule has 0 saturated heterocycles. The summed E-state index contributed by atoms with van der Waals surface area (Å²) in [6.45, 7) is 0. The van der Waals surface area contributed by atoms with Crippen molar-refractivity contribution in [1.82, 2.24) is 9.97 Å². The topological polar surface area (TPSA) is 25.8 Å². The Morgan fingerprint density at radius 2 is 0.958 bits per heavy atom. The molecule has 0 radical (unpaired) electrons. The standard InChI is InChI=1S/C18H10Cl2N2S2/c19-17-7-1-11(9-21-17)13-3-5-15(23-13)16-6-4-14(24-16)12-2-8-18(20)22-10-12/h1-10H. The van der Waals surface area contributed by atoms with E-state index in [1.54, 1.807) is 35.1 Å². The second-order valence-corrected chi connectivity index (χ2v) is 8.01. The Hall–Kier alpha value is -1.72. The Bertz CT molecular complexity index is 891. The molecule has 0 atom stereocenters. The lowest BCUT2D eigenvalue weighted by molar-refractivity contribution is 1.33. The highest BCUT2D eigenvalue weighted by molar-refractivity contribution is 7.25. The minimum atomic E-state index is 0.509. The molecule has 4 heterocycles. The number of hydrogen-bond donors (Lipinski definition) is 0. The van der Waals surface area contributed by atoms with E-state index in [2.05, 4.69) is 34.2 Å². The van der Waals surface area contributed by atoms with Gasteiger partial charge in [0, 0.05) is 43.0 Å². The van der Waals surface area contributed by atoms with Crippen molar-refractivity contribution in [2.75, 3.05) is 0 Å². The van der Waals surface area contributed by atoms with Crippen molar-refractivity contribution in [3.8, 4) is 30.6 Å². The van der Waals surface area contributed by atoms with Crippen LogP contribution in [0.25, 0.3) is 30.6 Å². The fourth-order valence-electron chi connectivity index (χ4n) is 2.29. The van der Waals surface area contributed by atoms with Crippen molar-refractivity contribution in [3.63, 3.8) is 0 Å². The molecule has 0 aromatic carbocycles. The number of hydrogen-bond acceptors (Lipinski definition) is 4. The molecule has 4 rings (SSSR count). The highest BCUT2D eigenvalue weighted by Crippen LogP contribution is 2.40. The van der Waals surface area contributed by atoms with Crippen molar-refractivity contribution in [1.29, 1.82) is 0 Å². The summed E-state index contributed by atoms with van der Waals surface area (Å²) in [6, 6.07) is 16.1. The minimum absolute atomic E-state index is 0.509. The zero-order valence-corrected chi connectivity index (χ0v) is 15.4. The third-order valence-electron chi connectivity index (χ3n) is 3.48. The van der Waals surface area contributed by atoms with Gasteiger partial charge in [-0.3, -0.25) is 0 Å². The molecular formula is C18H10Cl2N2S2. The predicted molar refractivity (Wildman–Crippen MR) is 104 cm³/mol. The molecule has 4 aromatic rings. The maximum Gasteiger partial charge on any atom is 0.129 e. The summed E-state index contributed by atoms with van der Waals surface area (Å²) in [6.07, 6.45) is 3.61. The first-order chi connectivity index (χ1) is 11.7. The van der Waals surface area contributed by atoms with Gasteiger partial charge in [-0.1, -0.05) is 23.2 Å². The van der Waals surface area contributed by atoms with E-state index in [9.17, 15) is 0 Å². The highest BCUT2D eigenvalue weighted by atomic mass is 35.5. The Morgan fingerprint density at radius 1 is 0.542 bits per heavy atom. The largest absolute Gasteiger partial charge is 0.244 e. The van der Waals surface area contributed by atoms with E-state index in [1.165, 1.54) is 19.5 Å². The average molecular weight is 389 g/mol. The number of nitrogens with zero attached hydrogens (tertiary/aromatic N) is 2. The molecule has 0 aliphatic carbocycles. The molecule has 0 aliphatic heterocycles.